The number of nitrogens with one attached hydrogen (secondary N) is 1. The molecule has 2 nitrogen and oxygen atoms in total. The fourth-order valence-electron chi connectivity index (χ4n) is 6.49. The van der Waals surface area contributed by atoms with Gasteiger partial charge in [0.25, 0.3) is 0 Å². The lowest BCUT2D eigenvalue weighted by Crippen LogP contribution is -2.24. The van der Waals surface area contributed by atoms with E-state index in [1.807, 2.05) is 0 Å². The highest BCUT2D eigenvalue weighted by Gasteiger charge is 2.30. The summed E-state index contributed by atoms with van der Waals surface area (Å²) in [4.78, 5) is 3.61. The molecule has 1 atom stereocenters. The number of para-hydroxylation sites is 2. The van der Waals surface area contributed by atoms with Crippen molar-refractivity contribution >= 4 is 38.8 Å². The van der Waals surface area contributed by atoms with Crippen LogP contribution in [0.4, 0.5) is 0 Å². The zero-order valence-electron chi connectivity index (χ0n) is 21.9. The minimum atomic E-state index is -0.0929. The summed E-state index contributed by atoms with van der Waals surface area (Å²) in [6.07, 6.45) is 5.64. The first-order valence-corrected chi connectivity index (χ1v) is 13.7. The molecule has 0 spiro atoms. The second-order valence-corrected chi connectivity index (χ2v) is 11.0. The minimum Gasteiger partial charge on any atom is -0.355 e. The van der Waals surface area contributed by atoms with E-state index < -0.39 is 0 Å². The topological polar surface area (TPSA) is 20.7 Å². The second-order valence-electron chi connectivity index (χ2n) is 11.0. The molecule has 7 aromatic rings. The summed E-state index contributed by atoms with van der Waals surface area (Å²) in [5.74, 6) is 0. The molecule has 2 aromatic heterocycles. The smallest absolute Gasteiger partial charge is 0.0541 e. The molecule has 1 aliphatic carbocycles. The average molecular weight is 501 g/mol. The van der Waals surface area contributed by atoms with E-state index in [0.717, 1.165) is 6.42 Å². The predicted molar refractivity (Wildman–Crippen MR) is 165 cm³/mol. The predicted octanol–water partition coefficient (Wildman–Crippen LogP) is 9.46. The van der Waals surface area contributed by atoms with Crippen molar-refractivity contribution in [3.05, 3.63) is 144 Å². The molecule has 0 bridgehead atoms. The van der Waals surface area contributed by atoms with Crippen molar-refractivity contribution in [2.75, 3.05) is 0 Å². The minimum absolute atomic E-state index is 0.0929. The summed E-state index contributed by atoms with van der Waals surface area (Å²) in [7, 11) is 0. The quantitative estimate of drug-likeness (QED) is 0.249. The van der Waals surface area contributed by atoms with Gasteiger partial charge in [-0.3, -0.25) is 0 Å². The van der Waals surface area contributed by atoms with E-state index in [1.54, 1.807) is 0 Å². The lowest BCUT2D eigenvalue weighted by molar-refractivity contribution is 0.590. The maximum absolute atomic E-state index is 3.61. The van der Waals surface area contributed by atoms with Gasteiger partial charge in [-0.2, -0.15) is 0 Å². The molecular formula is C37H28N2. The summed E-state index contributed by atoms with van der Waals surface area (Å²) in [5, 5.41) is 3.91. The third-order valence-electron chi connectivity index (χ3n) is 8.55. The number of allylic oxidation sites excluding steroid dienone is 1. The summed E-state index contributed by atoms with van der Waals surface area (Å²) in [6.45, 7) is 2.38. The Kier molecular flexibility index (Phi) is 4.75. The Balaban J connectivity index is 1.34. The van der Waals surface area contributed by atoms with E-state index in [0.29, 0.717) is 0 Å². The molecular weight excluding hydrogens is 472 g/mol. The summed E-state index contributed by atoms with van der Waals surface area (Å²) < 4.78 is 2.40. The zero-order chi connectivity index (χ0) is 26.0. The van der Waals surface area contributed by atoms with Gasteiger partial charge in [0.15, 0.2) is 0 Å². The molecule has 39 heavy (non-hydrogen) atoms. The number of nitrogens with zero attached hydrogens (tertiary/aromatic N) is 1. The van der Waals surface area contributed by atoms with Crippen LogP contribution in [0.5, 0.6) is 0 Å². The van der Waals surface area contributed by atoms with Gasteiger partial charge in [0.1, 0.15) is 0 Å². The number of benzene rings is 5. The maximum atomic E-state index is 3.61. The zero-order valence-corrected chi connectivity index (χ0v) is 21.9. The van der Waals surface area contributed by atoms with Crippen LogP contribution in [0, 0.1) is 0 Å². The first kappa shape index (κ1) is 22.2. The first-order chi connectivity index (χ1) is 19.2. The van der Waals surface area contributed by atoms with Crippen LogP contribution in [-0.4, -0.2) is 9.55 Å². The van der Waals surface area contributed by atoms with E-state index in [4.69, 9.17) is 0 Å². The van der Waals surface area contributed by atoms with E-state index >= 15 is 0 Å². The summed E-state index contributed by atoms with van der Waals surface area (Å²) >= 11 is 0. The molecule has 0 fully saturated rings. The highest BCUT2D eigenvalue weighted by Crippen LogP contribution is 2.42. The molecule has 2 heterocycles. The van der Waals surface area contributed by atoms with Gasteiger partial charge in [-0.1, -0.05) is 91.9 Å². The molecule has 0 saturated heterocycles. The SMILES string of the molecule is CC1(c2ccc3c(c2)c2cc(-c4ccccc4)ccc2n3-c2ccccc2)C=Cc2[nH]c3ccccc3c2C1. The summed E-state index contributed by atoms with van der Waals surface area (Å²) in [6, 6.07) is 44.0. The van der Waals surface area contributed by atoms with Crippen LogP contribution in [0.3, 0.4) is 0 Å². The monoisotopic (exact) mass is 500 g/mol. The van der Waals surface area contributed by atoms with E-state index in [-0.39, 0.29) is 5.41 Å². The Bertz CT molecular complexity index is 2040. The Morgan fingerprint density at radius 3 is 2.15 bits per heavy atom. The third kappa shape index (κ3) is 3.42. The van der Waals surface area contributed by atoms with Crippen molar-refractivity contribution in [3.8, 4) is 16.8 Å². The Morgan fingerprint density at radius 2 is 1.33 bits per heavy atom. The molecule has 8 rings (SSSR count). The molecule has 186 valence electrons. The number of aromatic amines is 1. The number of fused-ring (bicyclic) bond motifs is 6. The molecule has 5 aromatic carbocycles. The first-order valence-electron chi connectivity index (χ1n) is 13.7. The Morgan fingerprint density at radius 1 is 0.641 bits per heavy atom. The van der Waals surface area contributed by atoms with Crippen LogP contribution < -0.4 is 0 Å². The van der Waals surface area contributed by atoms with E-state index in [9.17, 15) is 0 Å². The van der Waals surface area contributed by atoms with Gasteiger partial charge in [0.05, 0.1) is 11.0 Å². The fourth-order valence-corrected chi connectivity index (χ4v) is 6.49. The number of H-pyrrole nitrogens is 1. The van der Waals surface area contributed by atoms with Crippen molar-refractivity contribution in [1.82, 2.24) is 9.55 Å². The van der Waals surface area contributed by atoms with Crippen LogP contribution in [0.25, 0.3) is 55.6 Å². The standard InChI is InChI=1S/C37H28N2/c1-37(21-20-34-32(24-37)29-14-8-9-15-33(29)38-34)27-17-19-36-31(23-27)30-22-26(25-10-4-2-5-11-25)16-18-35(30)39(36)28-12-6-3-7-13-28/h2-23,38H,24H2,1H3. The van der Waals surface area contributed by atoms with Gasteiger partial charge in [0, 0.05) is 38.5 Å². The van der Waals surface area contributed by atoms with Gasteiger partial charge in [-0.05, 0) is 77.2 Å². The molecule has 1 N–H and O–H groups in total. The molecule has 2 heteroatoms. The summed E-state index contributed by atoms with van der Waals surface area (Å²) in [5.41, 5.74) is 11.3. The van der Waals surface area contributed by atoms with Crippen molar-refractivity contribution in [2.45, 2.75) is 18.8 Å². The van der Waals surface area contributed by atoms with Gasteiger partial charge < -0.3 is 9.55 Å². The van der Waals surface area contributed by atoms with Gasteiger partial charge in [-0.25, -0.2) is 0 Å². The lowest BCUT2D eigenvalue weighted by atomic mass is 9.73. The molecule has 0 radical (unpaired) electrons. The van der Waals surface area contributed by atoms with E-state index in [2.05, 4.69) is 150 Å². The van der Waals surface area contributed by atoms with Crippen LogP contribution in [0.2, 0.25) is 0 Å². The second kappa shape index (κ2) is 8.34. The highest BCUT2D eigenvalue weighted by molar-refractivity contribution is 6.10. The maximum Gasteiger partial charge on any atom is 0.0541 e. The van der Waals surface area contributed by atoms with Crippen molar-refractivity contribution in [3.63, 3.8) is 0 Å². The lowest BCUT2D eigenvalue weighted by Gasteiger charge is -2.30. The fraction of sp³-hybridized carbons (Fsp3) is 0.0811. The van der Waals surface area contributed by atoms with Gasteiger partial charge in [0.2, 0.25) is 0 Å². The van der Waals surface area contributed by atoms with Crippen molar-refractivity contribution in [2.24, 2.45) is 0 Å². The number of hydrogen-bond donors (Lipinski definition) is 1. The van der Waals surface area contributed by atoms with Crippen LogP contribution in [0.1, 0.15) is 23.7 Å². The Labute approximate surface area is 227 Å². The molecule has 1 unspecified atom stereocenters. The molecule has 0 aliphatic heterocycles. The normalized spacial score (nSPS) is 16.7. The number of hydrogen-bond acceptors (Lipinski definition) is 0. The third-order valence-corrected chi connectivity index (χ3v) is 8.55. The number of rotatable bonds is 3. The van der Waals surface area contributed by atoms with Crippen LogP contribution in [0.15, 0.2) is 127 Å². The highest BCUT2D eigenvalue weighted by atomic mass is 15.0. The van der Waals surface area contributed by atoms with Crippen molar-refractivity contribution < 1.29 is 0 Å². The molecule has 1 aliphatic rings. The van der Waals surface area contributed by atoms with Crippen molar-refractivity contribution in [1.29, 1.82) is 0 Å². The average Bonchev–Trinajstić information content (AvgIpc) is 3.52. The van der Waals surface area contributed by atoms with Gasteiger partial charge in [-0.15, -0.1) is 0 Å². The van der Waals surface area contributed by atoms with Crippen LogP contribution >= 0.6 is 0 Å². The van der Waals surface area contributed by atoms with Crippen LogP contribution in [-0.2, 0) is 11.8 Å². The molecule has 0 amide bonds. The Hall–Kier alpha value is -4.82. The molecule has 0 saturated carbocycles. The van der Waals surface area contributed by atoms with Gasteiger partial charge >= 0.3 is 0 Å². The van der Waals surface area contributed by atoms with E-state index in [1.165, 1.54) is 66.3 Å². The largest absolute Gasteiger partial charge is 0.355 e. The number of aromatic nitrogens is 2.